The van der Waals surface area contributed by atoms with Gasteiger partial charge in [-0.3, -0.25) is 4.79 Å². The number of aromatic amines is 1. The van der Waals surface area contributed by atoms with Crippen LogP contribution >= 0.6 is 0 Å². The van der Waals surface area contributed by atoms with Gasteiger partial charge in [-0.2, -0.15) is 5.10 Å². The Morgan fingerprint density at radius 2 is 1.77 bits per heavy atom. The minimum atomic E-state index is -0.495. The van der Waals surface area contributed by atoms with E-state index in [0.717, 1.165) is 11.1 Å². The van der Waals surface area contributed by atoms with Gasteiger partial charge in [-0.25, -0.2) is 14.6 Å². The summed E-state index contributed by atoms with van der Waals surface area (Å²) in [7, 11) is 0. The van der Waals surface area contributed by atoms with E-state index < -0.39 is 17.7 Å². The minimum absolute atomic E-state index is 0.261. The second kappa shape index (κ2) is 11.7. The molecular formula is C32H26FN3O4. The van der Waals surface area contributed by atoms with E-state index in [4.69, 9.17) is 9.47 Å². The van der Waals surface area contributed by atoms with Crippen molar-refractivity contribution >= 4 is 29.0 Å². The Labute approximate surface area is 230 Å². The van der Waals surface area contributed by atoms with Gasteiger partial charge in [0.1, 0.15) is 11.5 Å². The largest absolute Gasteiger partial charge is 0.490 e. The van der Waals surface area contributed by atoms with Gasteiger partial charge >= 0.3 is 5.97 Å². The van der Waals surface area contributed by atoms with Crippen LogP contribution in [-0.2, 0) is 0 Å². The summed E-state index contributed by atoms with van der Waals surface area (Å²) in [6, 6.07) is 25.7. The van der Waals surface area contributed by atoms with Crippen molar-refractivity contribution in [2.75, 3.05) is 6.61 Å². The maximum atomic E-state index is 14.0. The number of halogens is 1. The summed E-state index contributed by atoms with van der Waals surface area (Å²) in [6.45, 7) is 4.08. The number of nitrogens with zero attached hydrogens (tertiary/aromatic N) is 1. The van der Waals surface area contributed by atoms with Gasteiger partial charge in [0.15, 0.2) is 11.5 Å². The molecule has 5 aromatic rings. The van der Waals surface area contributed by atoms with Crippen LogP contribution in [0.4, 0.5) is 4.39 Å². The van der Waals surface area contributed by atoms with Crippen molar-refractivity contribution in [1.82, 2.24) is 10.4 Å². The molecule has 0 atom stereocenters. The number of benzene rings is 4. The Kier molecular flexibility index (Phi) is 7.68. The zero-order chi connectivity index (χ0) is 28.1. The molecule has 0 saturated carbocycles. The van der Waals surface area contributed by atoms with Crippen molar-refractivity contribution in [3.05, 3.63) is 119 Å². The Bertz CT molecular complexity index is 1730. The van der Waals surface area contributed by atoms with E-state index in [1.807, 2.05) is 50.2 Å². The number of amides is 1. The van der Waals surface area contributed by atoms with Crippen molar-refractivity contribution in [3.63, 3.8) is 0 Å². The summed E-state index contributed by atoms with van der Waals surface area (Å²) in [5.74, 6) is -0.742. The Morgan fingerprint density at radius 3 is 2.55 bits per heavy atom. The molecule has 0 saturated heterocycles. The van der Waals surface area contributed by atoms with E-state index in [2.05, 4.69) is 15.5 Å². The molecular weight excluding hydrogens is 509 g/mol. The second-order valence-electron chi connectivity index (χ2n) is 9.03. The van der Waals surface area contributed by atoms with E-state index in [1.54, 1.807) is 42.5 Å². The SMILES string of the molecule is CCOc1cc(C=NNC(=O)c2[nH]c3ccc(F)cc3c2-c2ccccc2)ccc1OC(=O)c1cccc(C)c1. The van der Waals surface area contributed by atoms with Gasteiger partial charge in [0, 0.05) is 16.5 Å². The Hall–Kier alpha value is -5.24. The summed E-state index contributed by atoms with van der Waals surface area (Å²) >= 11 is 0. The highest BCUT2D eigenvalue weighted by Crippen LogP contribution is 2.33. The number of fused-ring (bicyclic) bond motifs is 1. The molecule has 0 fully saturated rings. The number of rotatable bonds is 8. The summed E-state index contributed by atoms with van der Waals surface area (Å²) in [4.78, 5) is 28.9. The van der Waals surface area contributed by atoms with Gasteiger partial charge in [0.05, 0.1) is 18.4 Å². The summed E-state index contributed by atoms with van der Waals surface area (Å²) in [5.41, 5.74) is 6.78. The van der Waals surface area contributed by atoms with Crippen LogP contribution in [0.1, 0.15) is 38.9 Å². The molecule has 200 valence electrons. The molecule has 1 aromatic heterocycles. The number of nitrogens with one attached hydrogen (secondary N) is 2. The fourth-order valence-corrected chi connectivity index (χ4v) is 4.35. The van der Waals surface area contributed by atoms with Crippen LogP contribution in [0.2, 0.25) is 0 Å². The number of aromatic nitrogens is 1. The first-order valence-corrected chi connectivity index (χ1v) is 12.7. The molecule has 8 heteroatoms. The highest BCUT2D eigenvalue weighted by atomic mass is 19.1. The average molecular weight is 536 g/mol. The molecule has 1 heterocycles. The van der Waals surface area contributed by atoms with E-state index in [9.17, 15) is 14.0 Å². The quantitative estimate of drug-likeness (QED) is 0.101. The monoisotopic (exact) mass is 535 g/mol. The third-order valence-corrected chi connectivity index (χ3v) is 6.15. The number of ether oxygens (including phenoxy) is 2. The lowest BCUT2D eigenvalue weighted by molar-refractivity contribution is 0.0728. The fourth-order valence-electron chi connectivity index (χ4n) is 4.35. The summed E-state index contributed by atoms with van der Waals surface area (Å²) in [5, 5.41) is 4.70. The van der Waals surface area contributed by atoms with Crippen molar-refractivity contribution in [3.8, 4) is 22.6 Å². The topological polar surface area (TPSA) is 92.8 Å². The molecule has 2 N–H and O–H groups in total. The molecule has 0 aliphatic carbocycles. The number of carbonyl (C=O) groups is 2. The van der Waals surface area contributed by atoms with Crippen molar-refractivity contribution < 1.29 is 23.5 Å². The normalized spacial score (nSPS) is 11.1. The third kappa shape index (κ3) is 5.76. The maximum Gasteiger partial charge on any atom is 0.343 e. The standard InChI is InChI=1S/C32H26FN3O4/c1-3-39-28-17-21(12-15-27(28)40-32(38)23-11-7-8-20(2)16-23)19-34-36-31(37)30-29(22-9-5-4-6-10-22)25-18-24(33)13-14-26(25)35-30/h4-19,35H,3H2,1-2H3,(H,36,37). The van der Waals surface area contributed by atoms with Gasteiger partial charge < -0.3 is 14.5 Å². The maximum absolute atomic E-state index is 14.0. The van der Waals surface area contributed by atoms with Crippen LogP contribution in [0, 0.1) is 12.7 Å². The first-order valence-electron chi connectivity index (χ1n) is 12.7. The average Bonchev–Trinajstić information content (AvgIpc) is 3.33. The number of H-pyrrole nitrogens is 1. The Balaban J connectivity index is 1.36. The van der Waals surface area contributed by atoms with E-state index >= 15 is 0 Å². The molecule has 4 aromatic carbocycles. The van der Waals surface area contributed by atoms with Crippen LogP contribution in [0.5, 0.6) is 11.5 Å². The van der Waals surface area contributed by atoms with Crippen LogP contribution in [0.25, 0.3) is 22.0 Å². The lowest BCUT2D eigenvalue weighted by atomic mass is 10.0. The number of hydrazone groups is 1. The Morgan fingerprint density at radius 1 is 0.950 bits per heavy atom. The van der Waals surface area contributed by atoms with Crippen LogP contribution in [-0.4, -0.2) is 29.7 Å². The van der Waals surface area contributed by atoms with Gasteiger partial charge in [-0.15, -0.1) is 0 Å². The van der Waals surface area contributed by atoms with Crippen LogP contribution in [0.15, 0.2) is 96.1 Å². The zero-order valence-electron chi connectivity index (χ0n) is 21.9. The predicted molar refractivity (Wildman–Crippen MR) is 153 cm³/mol. The molecule has 0 bridgehead atoms. The lowest BCUT2D eigenvalue weighted by Crippen LogP contribution is -2.18. The fraction of sp³-hybridized carbons (Fsp3) is 0.0938. The zero-order valence-corrected chi connectivity index (χ0v) is 21.9. The van der Waals surface area contributed by atoms with Crippen LogP contribution < -0.4 is 14.9 Å². The van der Waals surface area contributed by atoms with Crippen LogP contribution in [0.3, 0.4) is 0 Å². The smallest absolute Gasteiger partial charge is 0.343 e. The summed E-state index contributed by atoms with van der Waals surface area (Å²) < 4.78 is 25.3. The lowest BCUT2D eigenvalue weighted by Gasteiger charge is -2.11. The van der Waals surface area contributed by atoms with E-state index in [0.29, 0.717) is 39.9 Å². The third-order valence-electron chi connectivity index (χ3n) is 6.15. The molecule has 1 amide bonds. The second-order valence-corrected chi connectivity index (χ2v) is 9.03. The number of hydrogen-bond donors (Lipinski definition) is 2. The molecule has 0 unspecified atom stereocenters. The molecule has 0 radical (unpaired) electrons. The van der Waals surface area contributed by atoms with Crippen molar-refractivity contribution in [1.29, 1.82) is 0 Å². The molecule has 0 aliphatic heterocycles. The van der Waals surface area contributed by atoms with Crippen molar-refractivity contribution in [2.45, 2.75) is 13.8 Å². The van der Waals surface area contributed by atoms with Crippen molar-refractivity contribution in [2.24, 2.45) is 5.10 Å². The number of esters is 1. The van der Waals surface area contributed by atoms with E-state index in [1.165, 1.54) is 18.3 Å². The molecule has 0 aliphatic rings. The number of carbonyl (C=O) groups excluding carboxylic acids is 2. The molecule has 7 nitrogen and oxygen atoms in total. The first kappa shape index (κ1) is 26.4. The van der Waals surface area contributed by atoms with E-state index in [-0.39, 0.29) is 11.4 Å². The van der Waals surface area contributed by atoms with Gasteiger partial charge in [-0.05, 0) is 73.5 Å². The molecule has 40 heavy (non-hydrogen) atoms. The summed E-state index contributed by atoms with van der Waals surface area (Å²) in [6.07, 6.45) is 1.46. The molecule has 0 spiro atoms. The molecule has 5 rings (SSSR count). The van der Waals surface area contributed by atoms with Gasteiger partial charge in [0.25, 0.3) is 5.91 Å². The van der Waals surface area contributed by atoms with Gasteiger partial charge in [0.2, 0.25) is 0 Å². The predicted octanol–water partition coefficient (Wildman–Crippen LogP) is 6.66. The minimum Gasteiger partial charge on any atom is -0.490 e. The van der Waals surface area contributed by atoms with Gasteiger partial charge in [-0.1, -0.05) is 48.0 Å². The number of hydrogen-bond acceptors (Lipinski definition) is 5. The number of aryl methyl sites for hydroxylation is 1. The first-order chi connectivity index (χ1) is 19.4. The highest BCUT2D eigenvalue weighted by Gasteiger charge is 2.19. The highest BCUT2D eigenvalue weighted by molar-refractivity contribution is 6.09.